The number of hydrogen-bond donors (Lipinski definition) is 1. The van der Waals surface area contributed by atoms with Gasteiger partial charge < -0.3 is 10.1 Å². The first kappa shape index (κ1) is 30.7. The largest absolute Gasteiger partial charge is 0.435 e. The molecule has 1 saturated heterocycles. The van der Waals surface area contributed by atoms with Gasteiger partial charge in [-0.2, -0.15) is 26.3 Å². The van der Waals surface area contributed by atoms with Crippen LogP contribution in [0.4, 0.5) is 35.1 Å². The van der Waals surface area contributed by atoms with Crippen molar-refractivity contribution >= 4 is 15.7 Å². The number of nitrogens with one attached hydrogen (secondary N) is 1. The molecule has 0 unspecified atom stereocenters. The molecule has 42 heavy (non-hydrogen) atoms. The van der Waals surface area contributed by atoms with E-state index in [4.69, 9.17) is 4.74 Å². The van der Waals surface area contributed by atoms with Gasteiger partial charge in [0.2, 0.25) is 5.91 Å². The Balaban J connectivity index is 1.68. The monoisotopic (exact) mass is 625 g/mol. The molecular formula is C28H27F8NO4S. The van der Waals surface area contributed by atoms with Crippen LogP contribution in [-0.2, 0) is 36.2 Å². The highest BCUT2D eigenvalue weighted by atomic mass is 32.2. The molecule has 230 valence electrons. The van der Waals surface area contributed by atoms with Crippen molar-refractivity contribution in [2.45, 2.75) is 72.7 Å². The van der Waals surface area contributed by atoms with E-state index in [-0.39, 0.29) is 67.2 Å². The molecule has 1 aliphatic heterocycles. The minimum Gasteiger partial charge on any atom is -0.379 e. The lowest BCUT2D eigenvalue weighted by atomic mass is 9.82. The molecule has 0 aromatic heterocycles. The molecule has 2 fully saturated rings. The van der Waals surface area contributed by atoms with Crippen molar-refractivity contribution in [1.29, 1.82) is 0 Å². The van der Waals surface area contributed by atoms with E-state index >= 15 is 4.39 Å². The van der Waals surface area contributed by atoms with Gasteiger partial charge in [0.05, 0.1) is 23.5 Å². The first-order valence-corrected chi connectivity index (χ1v) is 14.7. The Kier molecular flexibility index (Phi) is 7.24. The molecule has 1 heterocycles. The zero-order chi connectivity index (χ0) is 30.9. The highest BCUT2D eigenvalue weighted by Gasteiger charge is 2.73. The van der Waals surface area contributed by atoms with Gasteiger partial charge in [0, 0.05) is 17.5 Å². The molecule has 2 aliphatic carbocycles. The van der Waals surface area contributed by atoms with Crippen LogP contribution >= 0.6 is 0 Å². The molecule has 0 radical (unpaired) electrons. The van der Waals surface area contributed by atoms with Crippen molar-refractivity contribution in [1.82, 2.24) is 5.32 Å². The third kappa shape index (κ3) is 4.42. The van der Waals surface area contributed by atoms with Gasteiger partial charge in [-0.25, -0.2) is 17.2 Å². The molecular weight excluding hydrogens is 598 g/mol. The third-order valence-electron chi connectivity index (χ3n) is 8.92. The van der Waals surface area contributed by atoms with E-state index in [2.05, 4.69) is 5.32 Å². The normalized spacial score (nSPS) is 26.0. The first-order chi connectivity index (χ1) is 19.4. The second-order valence-corrected chi connectivity index (χ2v) is 13.8. The molecule has 1 saturated carbocycles. The predicted molar refractivity (Wildman–Crippen MR) is 133 cm³/mol. The lowest BCUT2D eigenvalue weighted by Gasteiger charge is -2.40. The van der Waals surface area contributed by atoms with Crippen molar-refractivity contribution in [2.75, 3.05) is 13.2 Å². The van der Waals surface area contributed by atoms with E-state index < -0.39 is 61.4 Å². The van der Waals surface area contributed by atoms with Crippen molar-refractivity contribution in [3.05, 3.63) is 65.0 Å². The molecule has 0 bridgehead atoms. The SMILES string of the molecule is CC1(C(=O)N[C@@H]2CC[C@@]3(S(=O)(=O)c4ccc(F)cc4)c4ccc(C(F)(C(F)(F)F)C(F)(F)F)cc4CCC[C@@H]23)COC1. The molecule has 3 aliphatic rings. The molecule has 2 aromatic rings. The summed E-state index contributed by atoms with van der Waals surface area (Å²) in [6, 6.07) is 4.84. The summed E-state index contributed by atoms with van der Waals surface area (Å²) in [4.78, 5) is 12.8. The Hall–Kier alpha value is -2.74. The van der Waals surface area contributed by atoms with E-state index in [1.54, 1.807) is 6.92 Å². The fourth-order valence-electron chi connectivity index (χ4n) is 6.64. The molecule has 5 rings (SSSR count). The van der Waals surface area contributed by atoms with Gasteiger partial charge in [0.15, 0.2) is 9.84 Å². The zero-order valence-electron chi connectivity index (χ0n) is 22.2. The number of hydrogen-bond acceptors (Lipinski definition) is 4. The Morgan fingerprint density at radius 3 is 2.12 bits per heavy atom. The Bertz CT molecular complexity index is 1470. The van der Waals surface area contributed by atoms with Crippen LogP contribution in [0.15, 0.2) is 47.4 Å². The predicted octanol–water partition coefficient (Wildman–Crippen LogP) is 6.05. The van der Waals surface area contributed by atoms with Gasteiger partial charge in [-0.15, -0.1) is 0 Å². The number of alkyl halides is 7. The lowest BCUT2D eigenvalue weighted by molar-refractivity contribution is -0.348. The summed E-state index contributed by atoms with van der Waals surface area (Å²) in [5, 5.41) is 2.91. The smallest absolute Gasteiger partial charge is 0.379 e. The summed E-state index contributed by atoms with van der Waals surface area (Å²) in [6.07, 6.45) is -12.5. The van der Waals surface area contributed by atoms with Crippen molar-refractivity contribution in [2.24, 2.45) is 11.3 Å². The van der Waals surface area contributed by atoms with Crippen LogP contribution in [0.2, 0.25) is 0 Å². The average molecular weight is 626 g/mol. The maximum absolute atomic E-state index is 15.0. The molecule has 14 heteroatoms. The molecule has 1 N–H and O–H groups in total. The average Bonchev–Trinajstić information content (AvgIpc) is 3.15. The van der Waals surface area contributed by atoms with Crippen LogP contribution in [0.25, 0.3) is 0 Å². The van der Waals surface area contributed by atoms with Gasteiger partial charge in [-0.05, 0) is 74.4 Å². The summed E-state index contributed by atoms with van der Waals surface area (Å²) in [6.45, 7) is 1.99. The van der Waals surface area contributed by atoms with Gasteiger partial charge in [-0.3, -0.25) is 4.79 Å². The molecule has 2 aromatic carbocycles. The standard InChI is InChI=1S/C28H27F8NO4S/c1-24(14-41-15-24)23(38)37-22-11-12-25(42(39,40)19-8-6-18(29)7-9-19)20-10-5-17(13-16(20)3-2-4-21(22)25)26(30,27(31,32)33)28(34,35)36/h5-10,13,21-22H,2-4,11-12,14-15H2,1H3,(H,37,38)/t21-,22+,25+/m0/s1. The number of sulfone groups is 1. The summed E-state index contributed by atoms with van der Waals surface area (Å²) in [7, 11) is -4.50. The van der Waals surface area contributed by atoms with E-state index in [1.807, 2.05) is 0 Å². The van der Waals surface area contributed by atoms with E-state index in [1.165, 1.54) is 0 Å². The summed E-state index contributed by atoms with van der Waals surface area (Å²) < 4.78 is 142. The van der Waals surface area contributed by atoms with Crippen LogP contribution < -0.4 is 5.32 Å². The van der Waals surface area contributed by atoms with Gasteiger partial charge in [0.25, 0.3) is 0 Å². The number of ether oxygens (including phenoxy) is 1. The highest BCUT2D eigenvalue weighted by Crippen LogP contribution is 2.58. The summed E-state index contributed by atoms with van der Waals surface area (Å²) in [5.74, 6) is -1.93. The van der Waals surface area contributed by atoms with E-state index in [0.717, 1.165) is 30.3 Å². The Morgan fingerprint density at radius 1 is 0.952 bits per heavy atom. The van der Waals surface area contributed by atoms with Gasteiger partial charge >= 0.3 is 18.0 Å². The topological polar surface area (TPSA) is 72.5 Å². The quantitative estimate of drug-likeness (QED) is 0.325. The molecule has 0 spiro atoms. The minimum atomic E-state index is -6.34. The van der Waals surface area contributed by atoms with Crippen LogP contribution in [-0.4, -0.2) is 45.9 Å². The van der Waals surface area contributed by atoms with Crippen LogP contribution in [0.5, 0.6) is 0 Å². The minimum absolute atomic E-state index is 0.0558. The lowest BCUT2D eigenvalue weighted by Crippen LogP contribution is -2.56. The number of fused-ring (bicyclic) bond motifs is 3. The van der Waals surface area contributed by atoms with Crippen molar-refractivity contribution in [3.8, 4) is 0 Å². The van der Waals surface area contributed by atoms with E-state index in [0.29, 0.717) is 12.1 Å². The van der Waals surface area contributed by atoms with Crippen molar-refractivity contribution < 1.29 is 53.1 Å². The molecule has 1 amide bonds. The third-order valence-corrected chi connectivity index (χ3v) is 11.5. The second kappa shape index (κ2) is 9.90. The number of halogens is 8. The number of benzene rings is 2. The number of aryl methyl sites for hydroxylation is 1. The van der Waals surface area contributed by atoms with Gasteiger partial charge in [0.1, 0.15) is 10.6 Å². The zero-order valence-corrected chi connectivity index (χ0v) is 23.0. The fraction of sp³-hybridized carbons (Fsp3) is 0.536. The highest BCUT2D eigenvalue weighted by molar-refractivity contribution is 7.92. The number of amides is 1. The van der Waals surface area contributed by atoms with E-state index in [9.17, 15) is 43.9 Å². The summed E-state index contributed by atoms with van der Waals surface area (Å²) in [5.41, 5.74) is -8.44. The van der Waals surface area contributed by atoms with Crippen molar-refractivity contribution in [3.63, 3.8) is 0 Å². The Morgan fingerprint density at radius 2 is 1.57 bits per heavy atom. The fourth-order valence-corrected chi connectivity index (χ4v) is 9.11. The molecule has 5 nitrogen and oxygen atoms in total. The van der Waals surface area contributed by atoms with Gasteiger partial charge in [-0.1, -0.05) is 18.2 Å². The maximum atomic E-state index is 15.0. The van der Waals surface area contributed by atoms with Crippen LogP contribution in [0, 0.1) is 17.2 Å². The second-order valence-electron chi connectivity index (χ2n) is 11.5. The molecule has 3 atom stereocenters. The maximum Gasteiger partial charge on any atom is 0.435 e. The van der Waals surface area contributed by atoms with Crippen LogP contribution in [0.1, 0.15) is 49.3 Å². The number of rotatable bonds is 5. The number of carbonyl (C=O) groups is 1. The Labute approximate surface area is 236 Å². The van der Waals surface area contributed by atoms with Crippen LogP contribution in [0.3, 0.4) is 0 Å². The first-order valence-electron chi connectivity index (χ1n) is 13.2. The number of carbonyl (C=O) groups excluding carboxylic acids is 1. The summed E-state index contributed by atoms with van der Waals surface area (Å²) >= 11 is 0.